The second kappa shape index (κ2) is 6.44. The van der Waals surface area contributed by atoms with E-state index in [1.165, 1.54) is 13.0 Å². The van der Waals surface area contributed by atoms with E-state index in [0.29, 0.717) is 12.0 Å². The largest absolute Gasteiger partial charge is 0.330 e. The van der Waals surface area contributed by atoms with Gasteiger partial charge >= 0.3 is 0 Å². The van der Waals surface area contributed by atoms with Crippen LogP contribution in [0.1, 0.15) is 34.1 Å². The molecular formula is C10H24N2. The normalized spacial score (nSPS) is 16.5. The van der Waals surface area contributed by atoms with Gasteiger partial charge in [0.15, 0.2) is 0 Å². The van der Waals surface area contributed by atoms with E-state index < -0.39 is 0 Å². The Balaban J connectivity index is 3.91. The molecular weight excluding hydrogens is 148 g/mol. The smallest absolute Gasteiger partial charge is 0.0104 e. The standard InChI is InChI=1S/C10H24N2/c1-5-7-12(6-2)10(4)9(3)8-11/h9-10H,5-8,11H2,1-4H3. The second-order valence-electron chi connectivity index (χ2n) is 3.58. The molecule has 0 radical (unpaired) electrons. The SMILES string of the molecule is CCCN(CC)C(C)C(C)CN. The molecule has 0 saturated carbocycles. The Kier molecular flexibility index (Phi) is 6.39. The van der Waals surface area contributed by atoms with Crippen LogP contribution in [-0.4, -0.2) is 30.6 Å². The lowest BCUT2D eigenvalue weighted by molar-refractivity contribution is 0.172. The van der Waals surface area contributed by atoms with Crippen molar-refractivity contribution >= 4 is 0 Å². The zero-order valence-electron chi connectivity index (χ0n) is 9.01. The monoisotopic (exact) mass is 172 g/mol. The minimum Gasteiger partial charge on any atom is -0.330 e. The second-order valence-corrected chi connectivity index (χ2v) is 3.58. The first-order chi connectivity index (χ1) is 5.67. The molecule has 0 spiro atoms. The van der Waals surface area contributed by atoms with Crippen LogP contribution in [-0.2, 0) is 0 Å². The summed E-state index contributed by atoms with van der Waals surface area (Å²) < 4.78 is 0. The summed E-state index contributed by atoms with van der Waals surface area (Å²) in [6.45, 7) is 12.1. The molecule has 0 aromatic carbocycles. The predicted molar refractivity (Wildman–Crippen MR) is 55.2 cm³/mol. The molecule has 2 atom stereocenters. The minimum atomic E-state index is 0.608. The van der Waals surface area contributed by atoms with Crippen molar-refractivity contribution in [3.05, 3.63) is 0 Å². The van der Waals surface area contributed by atoms with Crippen molar-refractivity contribution in [1.82, 2.24) is 4.90 Å². The first kappa shape index (κ1) is 11.9. The number of hydrogen-bond donors (Lipinski definition) is 1. The zero-order chi connectivity index (χ0) is 9.56. The molecule has 0 aliphatic rings. The third-order valence-electron chi connectivity index (χ3n) is 2.69. The Bertz CT molecular complexity index is 104. The van der Waals surface area contributed by atoms with Crippen LogP contribution in [0.25, 0.3) is 0 Å². The topological polar surface area (TPSA) is 29.3 Å². The van der Waals surface area contributed by atoms with E-state index in [1.54, 1.807) is 0 Å². The van der Waals surface area contributed by atoms with Crippen LogP contribution in [0.3, 0.4) is 0 Å². The molecule has 12 heavy (non-hydrogen) atoms. The molecule has 2 N–H and O–H groups in total. The Morgan fingerprint density at radius 2 is 1.83 bits per heavy atom. The molecule has 0 aliphatic heterocycles. The van der Waals surface area contributed by atoms with E-state index >= 15 is 0 Å². The summed E-state index contributed by atoms with van der Waals surface area (Å²) in [6, 6.07) is 0.625. The molecule has 2 nitrogen and oxygen atoms in total. The van der Waals surface area contributed by atoms with E-state index in [1.807, 2.05) is 0 Å². The third-order valence-corrected chi connectivity index (χ3v) is 2.69. The molecule has 0 heterocycles. The van der Waals surface area contributed by atoms with Crippen LogP contribution in [0.15, 0.2) is 0 Å². The number of nitrogens with two attached hydrogens (primary N) is 1. The van der Waals surface area contributed by atoms with Gasteiger partial charge in [-0.25, -0.2) is 0 Å². The minimum absolute atomic E-state index is 0.608. The maximum Gasteiger partial charge on any atom is 0.0104 e. The van der Waals surface area contributed by atoms with Crippen LogP contribution in [0, 0.1) is 5.92 Å². The maximum absolute atomic E-state index is 5.63. The van der Waals surface area contributed by atoms with Gasteiger partial charge in [0.25, 0.3) is 0 Å². The first-order valence-electron chi connectivity index (χ1n) is 5.11. The van der Waals surface area contributed by atoms with Crippen LogP contribution in [0.5, 0.6) is 0 Å². The van der Waals surface area contributed by atoms with E-state index in [9.17, 15) is 0 Å². The Labute approximate surface area is 77.1 Å². The molecule has 74 valence electrons. The van der Waals surface area contributed by atoms with Crippen molar-refractivity contribution < 1.29 is 0 Å². The molecule has 0 aromatic rings. The Morgan fingerprint density at radius 1 is 1.25 bits per heavy atom. The molecule has 0 amide bonds. The van der Waals surface area contributed by atoms with Gasteiger partial charge < -0.3 is 10.6 Å². The Morgan fingerprint density at radius 3 is 2.17 bits per heavy atom. The zero-order valence-corrected chi connectivity index (χ0v) is 9.01. The molecule has 0 bridgehead atoms. The lowest BCUT2D eigenvalue weighted by Gasteiger charge is -2.31. The lowest BCUT2D eigenvalue weighted by Crippen LogP contribution is -2.40. The molecule has 2 heteroatoms. The van der Waals surface area contributed by atoms with Crippen LogP contribution >= 0.6 is 0 Å². The summed E-state index contributed by atoms with van der Waals surface area (Å²) in [5.74, 6) is 0.608. The summed E-state index contributed by atoms with van der Waals surface area (Å²) in [5.41, 5.74) is 5.63. The van der Waals surface area contributed by atoms with Crippen molar-refractivity contribution in [3.63, 3.8) is 0 Å². The van der Waals surface area contributed by atoms with E-state index in [0.717, 1.165) is 13.1 Å². The average Bonchev–Trinajstić information content (AvgIpc) is 2.11. The quantitative estimate of drug-likeness (QED) is 0.661. The van der Waals surface area contributed by atoms with Gasteiger partial charge in [-0.15, -0.1) is 0 Å². The summed E-state index contributed by atoms with van der Waals surface area (Å²) in [7, 11) is 0. The van der Waals surface area contributed by atoms with Gasteiger partial charge in [-0.3, -0.25) is 0 Å². The fraction of sp³-hybridized carbons (Fsp3) is 1.00. The van der Waals surface area contributed by atoms with E-state index in [-0.39, 0.29) is 0 Å². The van der Waals surface area contributed by atoms with Gasteiger partial charge in [-0.05, 0) is 38.9 Å². The number of nitrogens with zero attached hydrogens (tertiary/aromatic N) is 1. The summed E-state index contributed by atoms with van der Waals surface area (Å²) in [4.78, 5) is 2.50. The van der Waals surface area contributed by atoms with Crippen molar-refractivity contribution in [2.45, 2.75) is 40.2 Å². The van der Waals surface area contributed by atoms with Gasteiger partial charge in [-0.1, -0.05) is 20.8 Å². The highest BCUT2D eigenvalue weighted by Crippen LogP contribution is 2.09. The van der Waals surface area contributed by atoms with Crippen molar-refractivity contribution in [3.8, 4) is 0 Å². The molecule has 0 fully saturated rings. The maximum atomic E-state index is 5.63. The van der Waals surface area contributed by atoms with Crippen LogP contribution < -0.4 is 5.73 Å². The molecule has 0 saturated heterocycles. The van der Waals surface area contributed by atoms with Crippen molar-refractivity contribution in [2.24, 2.45) is 11.7 Å². The average molecular weight is 172 g/mol. The van der Waals surface area contributed by atoms with Gasteiger partial charge in [-0.2, -0.15) is 0 Å². The third kappa shape index (κ3) is 3.55. The fourth-order valence-electron chi connectivity index (χ4n) is 1.49. The molecule has 2 unspecified atom stereocenters. The highest BCUT2D eigenvalue weighted by Gasteiger charge is 2.16. The summed E-state index contributed by atoms with van der Waals surface area (Å²) >= 11 is 0. The van der Waals surface area contributed by atoms with Gasteiger partial charge in [0.1, 0.15) is 0 Å². The van der Waals surface area contributed by atoms with Crippen molar-refractivity contribution in [1.29, 1.82) is 0 Å². The van der Waals surface area contributed by atoms with E-state index in [4.69, 9.17) is 5.73 Å². The summed E-state index contributed by atoms with van der Waals surface area (Å²) in [5, 5.41) is 0. The predicted octanol–water partition coefficient (Wildman–Crippen LogP) is 1.70. The molecule has 0 aliphatic carbocycles. The summed E-state index contributed by atoms with van der Waals surface area (Å²) in [6.07, 6.45) is 1.23. The Hall–Kier alpha value is -0.0800. The van der Waals surface area contributed by atoms with Gasteiger partial charge in [0, 0.05) is 6.04 Å². The fourth-order valence-corrected chi connectivity index (χ4v) is 1.49. The van der Waals surface area contributed by atoms with Gasteiger partial charge in [0.05, 0.1) is 0 Å². The first-order valence-corrected chi connectivity index (χ1v) is 5.11. The van der Waals surface area contributed by atoms with Crippen molar-refractivity contribution in [2.75, 3.05) is 19.6 Å². The number of hydrogen-bond acceptors (Lipinski definition) is 2. The van der Waals surface area contributed by atoms with Crippen LogP contribution in [0.2, 0.25) is 0 Å². The van der Waals surface area contributed by atoms with Crippen LogP contribution in [0.4, 0.5) is 0 Å². The highest BCUT2D eigenvalue weighted by atomic mass is 15.1. The highest BCUT2D eigenvalue weighted by molar-refractivity contribution is 4.72. The van der Waals surface area contributed by atoms with Gasteiger partial charge in [0.2, 0.25) is 0 Å². The molecule has 0 aromatic heterocycles. The molecule has 0 rings (SSSR count). The van der Waals surface area contributed by atoms with E-state index in [2.05, 4.69) is 32.6 Å². The lowest BCUT2D eigenvalue weighted by atomic mass is 10.0. The number of rotatable bonds is 6.